The first kappa shape index (κ1) is 12.5. The predicted octanol–water partition coefficient (Wildman–Crippen LogP) is 2.70. The lowest BCUT2D eigenvalue weighted by atomic mass is 10.2. The Balaban J connectivity index is 1.71. The Labute approximate surface area is 116 Å². The minimum absolute atomic E-state index is 0.225. The quantitative estimate of drug-likeness (QED) is 0.865. The SMILES string of the molecule is O=C(CCn1ncc2c(Cl)cccc21)N1CCCC1. The minimum atomic E-state index is 0.225. The molecule has 3 rings (SSSR count). The first-order valence-corrected chi connectivity index (χ1v) is 7.01. The van der Waals surface area contributed by atoms with Gasteiger partial charge in [0.2, 0.25) is 5.91 Å². The van der Waals surface area contributed by atoms with Crippen molar-refractivity contribution in [1.29, 1.82) is 0 Å². The van der Waals surface area contributed by atoms with E-state index in [1.807, 2.05) is 27.8 Å². The Bertz CT molecular complexity index is 602. The van der Waals surface area contributed by atoms with Gasteiger partial charge in [-0.2, -0.15) is 5.10 Å². The van der Waals surface area contributed by atoms with Crippen LogP contribution in [0.25, 0.3) is 10.9 Å². The molecule has 0 radical (unpaired) electrons. The van der Waals surface area contributed by atoms with Gasteiger partial charge in [-0.15, -0.1) is 0 Å². The maximum absolute atomic E-state index is 12.0. The fourth-order valence-corrected chi connectivity index (χ4v) is 2.79. The second-order valence-corrected chi connectivity index (χ2v) is 5.29. The molecular weight excluding hydrogens is 262 g/mol. The molecule has 1 amide bonds. The van der Waals surface area contributed by atoms with E-state index in [9.17, 15) is 4.79 Å². The largest absolute Gasteiger partial charge is 0.343 e. The van der Waals surface area contributed by atoms with E-state index in [-0.39, 0.29) is 5.91 Å². The van der Waals surface area contributed by atoms with E-state index < -0.39 is 0 Å². The van der Waals surface area contributed by atoms with Crippen molar-refractivity contribution in [2.24, 2.45) is 0 Å². The number of aromatic nitrogens is 2. The summed E-state index contributed by atoms with van der Waals surface area (Å²) in [5, 5.41) is 5.96. The first-order chi connectivity index (χ1) is 9.25. The van der Waals surface area contributed by atoms with Crippen LogP contribution in [0, 0.1) is 0 Å². The lowest BCUT2D eigenvalue weighted by Gasteiger charge is -2.15. The zero-order chi connectivity index (χ0) is 13.2. The molecule has 1 aromatic heterocycles. The molecule has 0 unspecified atom stereocenters. The van der Waals surface area contributed by atoms with Crippen molar-refractivity contribution in [3.63, 3.8) is 0 Å². The van der Waals surface area contributed by atoms with Crippen LogP contribution in [0.5, 0.6) is 0 Å². The van der Waals surface area contributed by atoms with E-state index in [1.54, 1.807) is 6.20 Å². The molecule has 0 aliphatic carbocycles. The lowest BCUT2D eigenvalue weighted by molar-refractivity contribution is -0.130. The van der Waals surface area contributed by atoms with Crippen molar-refractivity contribution in [1.82, 2.24) is 14.7 Å². The number of aryl methyl sites for hydroxylation is 1. The van der Waals surface area contributed by atoms with Crippen molar-refractivity contribution in [3.8, 4) is 0 Å². The summed E-state index contributed by atoms with van der Waals surface area (Å²) in [7, 11) is 0. The Morgan fingerprint density at radius 3 is 2.89 bits per heavy atom. The second kappa shape index (κ2) is 5.21. The average Bonchev–Trinajstić information content (AvgIpc) is 3.06. The number of rotatable bonds is 3. The highest BCUT2D eigenvalue weighted by molar-refractivity contribution is 6.35. The zero-order valence-electron chi connectivity index (χ0n) is 10.7. The second-order valence-electron chi connectivity index (χ2n) is 4.88. The van der Waals surface area contributed by atoms with Gasteiger partial charge in [-0.05, 0) is 25.0 Å². The smallest absolute Gasteiger partial charge is 0.224 e. The molecule has 1 fully saturated rings. The third kappa shape index (κ3) is 2.45. The summed E-state index contributed by atoms with van der Waals surface area (Å²) in [4.78, 5) is 13.9. The summed E-state index contributed by atoms with van der Waals surface area (Å²) in [6.07, 6.45) is 4.53. The minimum Gasteiger partial charge on any atom is -0.343 e. The van der Waals surface area contributed by atoms with Crippen LogP contribution in [0.4, 0.5) is 0 Å². The predicted molar refractivity (Wildman–Crippen MR) is 75.2 cm³/mol. The van der Waals surface area contributed by atoms with E-state index in [0.29, 0.717) is 18.0 Å². The first-order valence-electron chi connectivity index (χ1n) is 6.63. The average molecular weight is 278 g/mol. The standard InChI is InChI=1S/C14H16ClN3O/c15-12-4-3-5-13-11(12)10-16-18(13)9-6-14(19)17-7-1-2-8-17/h3-5,10H,1-2,6-9H2. The molecule has 2 heterocycles. The summed E-state index contributed by atoms with van der Waals surface area (Å²) in [6, 6.07) is 5.74. The highest BCUT2D eigenvalue weighted by Crippen LogP contribution is 2.23. The van der Waals surface area contributed by atoms with E-state index in [1.165, 1.54) is 0 Å². The molecule has 0 bridgehead atoms. The molecule has 0 spiro atoms. The third-order valence-corrected chi connectivity index (χ3v) is 3.96. The van der Waals surface area contributed by atoms with Crippen LogP contribution < -0.4 is 0 Å². The highest BCUT2D eigenvalue weighted by atomic mass is 35.5. The molecule has 0 N–H and O–H groups in total. The molecule has 0 saturated carbocycles. The Morgan fingerprint density at radius 1 is 1.32 bits per heavy atom. The van der Waals surface area contributed by atoms with Gasteiger partial charge in [0, 0.05) is 24.9 Å². The number of nitrogens with zero attached hydrogens (tertiary/aromatic N) is 3. The molecule has 1 saturated heterocycles. The van der Waals surface area contributed by atoms with Gasteiger partial charge in [-0.1, -0.05) is 17.7 Å². The maximum Gasteiger partial charge on any atom is 0.224 e. The number of likely N-dealkylation sites (tertiary alicyclic amines) is 1. The number of carbonyl (C=O) groups is 1. The van der Waals surface area contributed by atoms with Gasteiger partial charge in [0.15, 0.2) is 0 Å². The van der Waals surface area contributed by atoms with Gasteiger partial charge in [0.25, 0.3) is 0 Å². The summed E-state index contributed by atoms with van der Waals surface area (Å²) >= 11 is 6.11. The topological polar surface area (TPSA) is 38.1 Å². The molecule has 4 nitrogen and oxygen atoms in total. The van der Waals surface area contributed by atoms with Crippen molar-refractivity contribution in [2.45, 2.75) is 25.8 Å². The molecule has 0 atom stereocenters. The molecule has 1 aliphatic rings. The van der Waals surface area contributed by atoms with Gasteiger partial charge >= 0.3 is 0 Å². The molecule has 1 aliphatic heterocycles. The summed E-state index contributed by atoms with van der Waals surface area (Å²) < 4.78 is 1.86. The van der Waals surface area contributed by atoms with Gasteiger partial charge < -0.3 is 4.90 Å². The van der Waals surface area contributed by atoms with Crippen molar-refractivity contribution < 1.29 is 4.79 Å². The molecule has 2 aromatic rings. The van der Waals surface area contributed by atoms with Gasteiger partial charge in [0.1, 0.15) is 0 Å². The summed E-state index contributed by atoms with van der Waals surface area (Å²) in [5.74, 6) is 0.225. The highest BCUT2D eigenvalue weighted by Gasteiger charge is 2.17. The number of benzene rings is 1. The Morgan fingerprint density at radius 2 is 2.11 bits per heavy atom. The van der Waals surface area contributed by atoms with E-state index in [2.05, 4.69) is 5.10 Å². The van der Waals surface area contributed by atoms with Crippen LogP contribution >= 0.6 is 11.6 Å². The van der Waals surface area contributed by atoms with Crippen molar-refractivity contribution in [3.05, 3.63) is 29.4 Å². The summed E-state index contributed by atoms with van der Waals surface area (Å²) in [5.41, 5.74) is 0.988. The fourth-order valence-electron chi connectivity index (χ4n) is 2.57. The fraction of sp³-hybridized carbons (Fsp3) is 0.429. The van der Waals surface area contributed by atoms with Crippen LogP contribution in [-0.2, 0) is 11.3 Å². The monoisotopic (exact) mass is 277 g/mol. The Hall–Kier alpha value is -1.55. The summed E-state index contributed by atoms with van der Waals surface area (Å²) in [6.45, 7) is 2.42. The normalized spacial score (nSPS) is 15.3. The van der Waals surface area contributed by atoms with Gasteiger partial charge in [-0.3, -0.25) is 9.48 Å². The maximum atomic E-state index is 12.0. The lowest BCUT2D eigenvalue weighted by Crippen LogP contribution is -2.28. The molecular formula is C14H16ClN3O. The zero-order valence-corrected chi connectivity index (χ0v) is 11.4. The molecule has 19 heavy (non-hydrogen) atoms. The van der Waals surface area contributed by atoms with Crippen LogP contribution in [0.15, 0.2) is 24.4 Å². The Kier molecular flexibility index (Phi) is 3.42. The van der Waals surface area contributed by atoms with Crippen molar-refractivity contribution >= 4 is 28.4 Å². The van der Waals surface area contributed by atoms with E-state index >= 15 is 0 Å². The van der Waals surface area contributed by atoms with Crippen LogP contribution in [-0.4, -0.2) is 33.7 Å². The van der Waals surface area contributed by atoms with Gasteiger partial charge in [-0.25, -0.2) is 0 Å². The van der Waals surface area contributed by atoms with Gasteiger partial charge in [0.05, 0.1) is 23.3 Å². The number of amides is 1. The van der Waals surface area contributed by atoms with Crippen molar-refractivity contribution in [2.75, 3.05) is 13.1 Å². The van der Waals surface area contributed by atoms with Crippen LogP contribution in [0.2, 0.25) is 5.02 Å². The van der Waals surface area contributed by atoms with E-state index in [0.717, 1.165) is 36.8 Å². The van der Waals surface area contributed by atoms with Crippen LogP contribution in [0.1, 0.15) is 19.3 Å². The number of fused-ring (bicyclic) bond motifs is 1. The number of carbonyl (C=O) groups excluding carboxylic acids is 1. The molecule has 100 valence electrons. The molecule has 5 heteroatoms. The van der Waals surface area contributed by atoms with E-state index in [4.69, 9.17) is 11.6 Å². The third-order valence-electron chi connectivity index (χ3n) is 3.63. The molecule has 1 aromatic carbocycles. The number of hydrogen-bond donors (Lipinski definition) is 0. The number of hydrogen-bond acceptors (Lipinski definition) is 2. The number of halogens is 1. The van der Waals surface area contributed by atoms with Crippen LogP contribution in [0.3, 0.4) is 0 Å².